The van der Waals surface area contributed by atoms with E-state index in [4.69, 9.17) is 13.9 Å². The molecule has 25 heavy (non-hydrogen) atoms. The molecule has 2 heterocycles. The number of nitrogens with zero attached hydrogens (tertiary/aromatic N) is 2. The van der Waals surface area contributed by atoms with Crippen molar-refractivity contribution in [1.82, 2.24) is 10.2 Å². The van der Waals surface area contributed by atoms with Crippen LogP contribution in [0.2, 0.25) is 0 Å². The van der Waals surface area contributed by atoms with E-state index in [0.29, 0.717) is 29.2 Å². The Labute approximate surface area is 148 Å². The Morgan fingerprint density at radius 1 is 1.08 bits per heavy atom. The zero-order chi connectivity index (χ0) is 17.2. The van der Waals surface area contributed by atoms with Crippen LogP contribution in [0.1, 0.15) is 29.7 Å². The number of hydrogen-bond donors (Lipinski definition) is 0. The molecule has 2 atom stereocenters. The normalized spacial score (nSPS) is 17.3. The topological polar surface area (TPSA) is 57.4 Å². The molecule has 1 aliphatic rings. The molecule has 2 unspecified atom stereocenters. The van der Waals surface area contributed by atoms with Crippen molar-refractivity contribution >= 4 is 11.8 Å². The first-order valence-electron chi connectivity index (χ1n) is 7.83. The molecule has 2 aromatic carbocycles. The minimum atomic E-state index is -0.433. The number of rotatable bonds is 4. The summed E-state index contributed by atoms with van der Waals surface area (Å²) in [7, 11) is 0. The lowest BCUT2D eigenvalue weighted by atomic mass is 10.2. The Balaban J connectivity index is 1.45. The number of aromatic nitrogens is 2. The summed E-state index contributed by atoms with van der Waals surface area (Å²) in [5.74, 6) is 1.49. The van der Waals surface area contributed by atoms with Crippen LogP contribution in [0.15, 0.2) is 58.2 Å². The minimum Gasteiger partial charge on any atom is -0.485 e. The van der Waals surface area contributed by atoms with Crippen LogP contribution in [0.25, 0.3) is 0 Å². The monoisotopic (exact) mass is 358 g/mol. The lowest BCUT2D eigenvalue weighted by Crippen LogP contribution is -2.21. The molecule has 0 radical (unpaired) electrons. The van der Waals surface area contributed by atoms with Crippen LogP contribution in [-0.2, 0) is 0 Å². The highest BCUT2D eigenvalue weighted by molar-refractivity contribution is 7.99. The Hall–Kier alpha value is -2.54. The minimum absolute atomic E-state index is 0.0538. The highest BCUT2D eigenvalue weighted by Gasteiger charge is 2.27. The summed E-state index contributed by atoms with van der Waals surface area (Å²) in [4.78, 5) is 0. The van der Waals surface area contributed by atoms with E-state index in [9.17, 15) is 4.39 Å². The summed E-state index contributed by atoms with van der Waals surface area (Å²) < 4.78 is 30.3. The van der Waals surface area contributed by atoms with E-state index in [2.05, 4.69) is 10.2 Å². The van der Waals surface area contributed by atoms with Gasteiger partial charge in [0.05, 0.1) is 0 Å². The predicted octanol–water partition coefficient (Wildman–Crippen LogP) is 4.57. The third kappa shape index (κ3) is 3.46. The fraction of sp³-hybridized carbons (Fsp3) is 0.222. The van der Waals surface area contributed by atoms with E-state index in [1.807, 2.05) is 31.2 Å². The van der Waals surface area contributed by atoms with Gasteiger partial charge in [-0.05, 0) is 36.8 Å². The number of benzene rings is 2. The van der Waals surface area contributed by atoms with E-state index in [0.717, 1.165) is 5.56 Å². The average molecular weight is 358 g/mol. The standard InChI is InChI=1S/C18H15FN2O3S/c1-11(12-6-8-13(19)9-7-12)25-18-21-20-17(24-18)16-10-22-14-4-2-3-5-15(14)23-16/h2-9,11,16H,10H2,1H3. The molecule has 0 fully saturated rings. The van der Waals surface area contributed by atoms with Gasteiger partial charge in [-0.25, -0.2) is 4.39 Å². The van der Waals surface area contributed by atoms with Gasteiger partial charge in [0.1, 0.15) is 12.4 Å². The van der Waals surface area contributed by atoms with Crippen LogP contribution in [0.3, 0.4) is 0 Å². The molecule has 7 heteroatoms. The maximum atomic E-state index is 13.0. The lowest BCUT2D eigenvalue weighted by molar-refractivity contribution is 0.0686. The van der Waals surface area contributed by atoms with Gasteiger partial charge in [-0.15, -0.1) is 10.2 Å². The first-order valence-corrected chi connectivity index (χ1v) is 8.71. The Kier molecular flexibility index (Phi) is 4.31. The Bertz CT molecular complexity index is 869. The molecule has 5 nitrogen and oxygen atoms in total. The predicted molar refractivity (Wildman–Crippen MR) is 90.3 cm³/mol. The molecule has 1 aromatic heterocycles. The zero-order valence-electron chi connectivity index (χ0n) is 13.4. The van der Waals surface area contributed by atoms with Gasteiger partial charge in [0.25, 0.3) is 11.1 Å². The van der Waals surface area contributed by atoms with Gasteiger partial charge in [0.2, 0.25) is 6.10 Å². The van der Waals surface area contributed by atoms with Crippen molar-refractivity contribution in [2.75, 3.05) is 6.61 Å². The maximum Gasteiger partial charge on any atom is 0.277 e. The molecule has 0 spiro atoms. The fourth-order valence-corrected chi connectivity index (χ4v) is 3.31. The van der Waals surface area contributed by atoms with Crippen LogP contribution in [-0.4, -0.2) is 16.8 Å². The second-order valence-corrected chi connectivity index (χ2v) is 6.87. The number of ether oxygens (including phenoxy) is 2. The van der Waals surface area contributed by atoms with Crippen LogP contribution < -0.4 is 9.47 Å². The van der Waals surface area contributed by atoms with Gasteiger partial charge < -0.3 is 13.9 Å². The van der Waals surface area contributed by atoms with E-state index in [1.54, 1.807) is 12.1 Å². The third-order valence-corrected chi connectivity index (χ3v) is 4.82. The molecule has 0 saturated carbocycles. The summed E-state index contributed by atoms with van der Waals surface area (Å²) in [5, 5.41) is 8.63. The second kappa shape index (κ2) is 6.76. The molecule has 0 aliphatic carbocycles. The molecule has 128 valence electrons. The summed E-state index contributed by atoms with van der Waals surface area (Å²) >= 11 is 1.41. The van der Waals surface area contributed by atoms with Crippen molar-refractivity contribution in [2.45, 2.75) is 23.5 Å². The largest absolute Gasteiger partial charge is 0.485 e. The van der Waals surface area contributed by atoms with Crippen molar-refractivity contribution in [2.24, 2.45) is 0 Å². The first-order chi connectivity index (χ1) is 12.2. The van der Waals surface area contributed by atoms with Crippen LogP contribution >= 0.6 is 11.8 Å². The van der Waals surface area contributed by atoms with Crippen LogP contribution in [0.4, 0.5) is 4.39 Å². The van der Waals surface area contributed by atoms with Gasteiger partial charge >= 0.3 is 0 Å². The van der Waals surface area contributed by atoms with Crippen molar-refractivity contribution in [3.8, 4) is 11.5 Å². The quantitative estimate of drug-likeness (QED) is 0.637. The summed E-state index contributed by atoms with van der Waals surface area (Å²) in [5.41, 5.74) is 0.984. The van der Waals surface area contributed by atoms with Gasteiger partial charge in [-0.2, -0.15) is 0 Å². The number of hydrogen-bond acceptors (Lipinski definition) is 6. The van der Waals surface area contributed by atoms with Crippen molar-refractivity contribution < 1.29 is 18.3 Å². The zero-order valence-corrected chi connectivity index (χ0v) is 14.2. The third-order valence-electron chi connectivity index (χ3n) is 3.82. The fourth-order valence-electron chi connectivity index (χ4n) is 2.49. The van der Waals surface area contributed by atoms with Crippen LogP contribution in [0.5, 0.6) is 11.5 Å². The van der Waals surface area contributed by atoms with E-state index < -0.39 is 6.10 Å². The first kappa shape index (κ1) is 16.0. The number of fused-ring (bicyclic) bond motifs is 1. The van der Waals surface area contributed by atoms with E-state index in [-0.39, 0.29) is 11.1 Å². The molecule has 3 aromatic rings. The summed E-state index contributed by atoms with van der Waals surface area (Å²) in [6, 6.07) is 13.8. The van der Waals surface area contributed by atoms with Crippen molar-refractivity contribution in [1.29, 1.82) is 0 Å². The Morgan fingerprint density at radius 2 is 1.84 bits per heavy atom. The molecule has 0 bridgehead atoms. The Morgan fingerprint density at radius 3 is 2.64 bits per heavy atom. The molecule has 0 amide bonds. The van der Waals surface area contributed by atoms with Gasteiger partial charge in [-0.1, -0.05) is 36.0 Å². The van der Waals surface area contributed by atoms with Gasteiger partial charge in [-0.3, -0.25) is 0 Å². The number of halogens is 1. The average Bonchev–Trinajstić information content (AvgIpc) is 3.10. The summed E-state index contributed by atoms with van der Waals surface area (Å²) in [6.07, 6.45) is -0.433. The highest BCUT2D eigenvalue weighted by atomic mass is 32.2. The summed E-state index contributed by atoms with van der Waals surface area (Å²) in [6.45, 7) is 2.31. The molecular weight excluding hydrogens is 343 g/mol. The van der Waals surface area contributed by atoms with E-state index in [1.165, 1.54) is 23.9 Å². The molecular formula is C18H15FN2O3S. The molecule has 0 N–H and O–H groups in total. The second-order valence-electron chi connectivity index (χ2n) is 5.58. The SMILES string of the molecule is CC(Sc1nnc(C2COc3ccccc3O2)o1)c1ccc(F)cc1. The molecule has 1 aliphatic heterocycles. The smallest absolute Gasteiger partial charge is 0.277 e. The molecule has 4 rings (SSSR count). The van der Waals surface area contributed by atoms with E-state index >= 15 is 0 Å². The van der Waals surface area contributed by atoms with Crippen LogP contribution in [0, 0.1) is 5.82 Å². The maximum absolute atomic E-state index is 13.0. The van der Waals surface area contributed by atoms with Gasteiger partial charge in [0, 0.05) is 5.25 Å². The van der Waals surface area contributed by atoms with Crippen molar-refractivity contribution in [3.05, 3.63) is 65.8 Å². The molecule has 0 saturated heterocycles. The van der Waals surface area contributed by atoms with Gasteiger partial charge in [0.15, 0.2) is 11.5 Å². The highest BCUT2D eigenvalue weighted by Crippen LogP contribution is 2.38. The van der Waals surface area contributed by atoms with Crippen molar-refractivity contribution in [3.63, 3.8) is 0 Å². The lowest BCUT2D eigenvalue weighted by Gasteiger charge is -2.23. The number of thioether (sulfide) groups is 1. The number of para-hydroxylation sites is 2.